The summed E-state index contributed by atoms with van der Waals surface area (Å²) in [5.74, 6) is 0.129. The highest BCUT2D eigenvalue weighted by molar-refractivity contribution is 5.93. The molecule has 0 unspecified atom stereocenters. The fourth-order valence-corrected chi connectivity index (χ4v) is 1.75. The molecule has 1 aromatic carbocycles. The van der Waals surface area contributed by atoms with Crippen molar-refractivity contribution in [1.82, 2.24) is 0 Å². The van der Waals surface area contributed by atoms with Gasteiger partial charge in [0.2, 0.25) is 5.91 Å². The van der Waals surface area contributed by atoms with Crippen molar-refractivity contribution in [2.45, 2.75) is 33.1 Å². The smallest absolute Gasteiger partial charge is 0.226 e. The second kappa shape index (κ2) is 7.07. The summed E-state index contributed by atoms with van der Waals surface area (Å²) in [7, 11) is 0. The summed E-state index contributed by atoms with van der Waals surface area (Å²) in [6, 6.07) is 7.98. The van der Waals surface area contributed by atoms with Gasteiger partial charge in [-0.25, -0.2) is 0 Å². The average molecular weight is 235 g/mol. The van der Waals surface area contributed by atoms with Gasteiger partial charge < -0.3 is 10.0 Å². The largest absolute Gasteiger partial charge is 0.396 e. The summed E-state index contributed by atoms with van der Waals surface area (Å²) in [5.41, 5.74) is 2.14. The van der Waals surface area contributed by atoms with E-state index >= 15 is 0 Å². The Morgan fingerprint density at radius 1 is 1.24 bits per heavy atom. The van der Waals surface area contributed by atoms with Crippen molar-refractivity contribution in [3.05, 3.63) is 29.8 Å². The van der Waals surface area contributed by atoms with E-state index in [9.17, 15) is 4.79 Å². The molecule has 3 heteroatoms. The normalized spacial score (nSPS) is 10.3. The summed E-state index contributed by atoms with van der Waals surface area (Å²) in [5, 5.41) is 8.70. The number of nitrogens with zero attached hydrogens (tertiary/aromatic N) is 1. The molecular formula is C14H21NO2. The van der Waals surface area contributed by atoms with E-state index in [-0.39, 0.29) is 12.5 Å². The molecule has 0 saturated heterocycles. The Morgan fingerprint density at radius 2 is 1.88 bits per heavy atom. The van der Waals surface area contributed by atoms with Crippen LogP contribution < -0.4 is 4.90 Å². The number of anilines is 1. The molecule has 0 fully saturated rings. The quantitative estimate of drug-likeness (QED) is 0.770. The Labute approximate surface area is 103 Å². The minimum atomic E-state index is 0.129. The van der Waals surface area contributed by atoms with Crippen LogP contribution in [0.4, 0.5) is 5.69 Å². The Balaban J connectivity index is 2.64. The van der Waals surface area contributed by atoms with E-state index in [4.69, 9.17) is 5.11 Å². The maximum atomic E-state index is 12.0. The van der Waals surface area contributed by atoms with E-state index < -0.39 is 0 Å². The number of hydrogen-bond acceptors (Lipinski definition) is 2. The van der Waals surface area contributed by atoms with Gasteiger partial charge in [-0.15, -0.1) is 0 Å². The average Bonchev–Trinajstić information content (AvgIpc) is 2.33. The Morgan fingerprint density at radius 3 is 2.41 bits per heavy atom. The number of aliphatic hydroxyl groups excluding tert-OH is 1. The van der Waals surface area contributed by atoms with Crippen LogP contribution in [-0.2, 0) is 4.79 Å². The molecule has 0 bridgehead atoms. The highest BCUT2D eigenvalue weighted by atomic mass is 16.3. The molecule has 1 rings (SSSR count). The first-order valence-electron chi connectivity index (χ1n) is 6.17. The number of carbonyl (C=O) groups is 1. The Bertz CT molecular complexity index is 346. The molecule has 0 heterocycles. The van der Waals surface area contributed by atoms with Gasteiger partial charge in [0, 0.05) is 25.3 Å². The highest BCUT2D eigenvalue weighted by Crippen LogP contribution is 2.16. The van der Waals surface area contributed by atoms with Crippen molar-refractivity contribution in [1.29, 1.82) is 0 Å². The Hall–Kier alpha value is -1.35. The predicted octanol–water partition coefficient (Wildman–Crippen LogP) is 2.51. The number of carbonyl (C=O) groups excluding carboxylic acids is 1. The van der Waals surface area contributed by atoms with Gasteiger partial charge in [-0.2, -0.15) is 0 Å². The zero-order valence-electron chi connectivity index (χ0n) is 10.6. The Kier molecular flexibility index (Phi) is 5.70. The summed E-state index contributed by atoms with van der Waals surface area (Å²) in [6.45, 7) is 4.85. The number of hydrogen-bond donors (Lipinski definition) is 1. The summed E-state index contributed by atoms with van der Waals surface area (Å²) in [6.07, 6.45) is 1.94. The molecule has 0 spiro atoms. The van der Waals surface area contributed by atoms with Crippen molar-refractivity contribution in [3.8, 4) is 0 Å². The van der Waals surface area contributed by atoms with Crippen molar-refractivity contribution < 1.29 is 9.90 Å². The van der Waals surface area contributed by atoms with Gasteiger partial charge in [0.25, 0.3) is 0 Å². The molecule has 0 atom stereocenters. The standard InChI is InChI=1S/C14H21NO2/c1-3-15(14(17)6-4-5-11-16)13-9-7-12(2)8-10-13/h7-10,16H,3-6,11H2,1-2H3. The lowest BCUT2D eigenvalue weighted by molar-refractivity contribution is -0.118. The number of aryl methyl sites for hydroxylation is 1. The minimum Gasteiger partial charge on any atom is -0.396 e. The van der Waals surface area contributed by atoms with Crippen LogP contribution in [0.1, 0.15) is 31.7 Å². The van der Waals surface area contributed by atoms with Crippen molar-refractivity contribution in [3.63, 3.8) is 0 Å². The van der Waals surface area contributed by atoms with Gasteiger partial charge in [0.15, 0.2) is 0 Å². The predicted molar refractivity (Wildman–Crippen MR) is 70.1 cm³/mol. The van der Waals surface area contributed by atoms with Crippen LogP contribution in [0.3, 0.4) is 0 Å². The van der Waals surface area contributed by atoms with Crippen molar-refractivity contribution in [2.75, 3.05) is 18.1 Å². The van der Waals surface area contributed by atoms with Crippen LogP contribution in [0.2, 0.25) is 0 Å². The molecule has 0 aliphatic carbocycles. The van der Waals surface area contributed by atoms with E-state index in [0.29, 0.717) is 19.4 Å². The number of unbranched alkanes of at least 4 members (excludes halogenated alkanes) is 1. The van der Waals surface area contributed by atoms with Crippen LogP contribution in [0.15, 0.2) is 24.3 Å². The lowest BCUT2D eigenvalue weighted by Gasteiger charge is -2.21. The second-order valence-corrected chi connectivity index (χ2v) is 4.15. The molecule has 0 aromatic heterocycles. The number of amides is 1. The third-order valence-electron chi connectivity index (χ3n) is 2.76. The fourth-order valence-electron chi connectivity index (χ4n) is 1.75. The molecule has 94 valence electrons. The minimum absolute atomic E-state index is 0.129. The molecule has 1 aromatic rings. The van der Waals surface area contributed by atoms with Gasteiger partial charge in [-0.3, -0.25) is 4.79 Å². The third kappa shape index (κ3) is 4.19. The molecule has 0 saturated carbocycles. The third-order valence-corrected chi connectivity index (χ3v) is 2.76. The second-order valence-electron chi connectivity index (χ2n) is 4.15. The molecule has 0 radical (unpaired) electrons. The molecule has 1 amide bonds. The molecule has 17 heavy (non-hydrogen) atoms. The topological polar surface area (TPSA) is 40.5 Å². The molecule has 3 nitrogen and oxygen atoms in total. The van der Waals surface area contributed by atoms with Gasteiger partial charge in [0.1, 0.15) is 0 Å². The summed E-state index contributed by atoms with van der Waals surface area (Å²) >= 11 is 0. The molecule has 0 aliphatic rings. The van der Waals surface area contributed by atoms with Crippen LogP contribution in [-0.4, -0.2) is 24.2 Å². The fraction of sp³-hybridized carbons (Fsp3) is 0.500. The van der Waals surface area contributed by atoms with E-state index in [2.05, 4.69) is 0 Å². The monoisotopic (exact) mass is 235 g/mol. The van der Waals surface area contributed by atoms with Crippen LogP contribution in [0.5, 0.6) is 0 Å². The maximum absolute atomic E-state index is 12.0. The van der Waals surface area contributed by atoms with Crippen molar-refractivity contribution >= 4 is 11.6 Å². The first kappa shape index (κ1) is 13.7. The van der Waals surface area contributed by atoms with E-state index in [1.54, 1.807) is 4.90 Å². The number of rotatable bonds is 6. The zero-order valence-corrected chi connectivity index (χ0v) is 10.6. The molecule has 0 aliphatic heterocycles. The number of aliphatic hydroxyl groups is 1. The zero-order chi connectivity index (χ0) is 12.7. The van der Waals surface area contributed by atoms with Crippen LogP contribution in [0, 0.1) is 6.92 Å². The van der Waals surface area contributed by atoms with Crippen molar-refractivity contribution in [2.24, 2.45) is 0 Å². The van der Waals surface area contributed by atoms with E-state index in [0.717, 1.165) is 12.1 Å². The highest BCUT2D eigenvalue weighted by Gasteiger charge is 2.12. The lowest BCUT2D eigenvalue weighted by atomic mass is 10.2. The van der Waals surface area contributed by atoms with Gasteiger partial charge in [0.05, 0.1) is 0 Å². The van der Waals surface area contributed by atoms with Gasteiger partial charge >= 0.3 is 0 Å². The van der Waals surface area contributed by atoms with E-state index in [1.165, 1.54) is 5.56 Å². The first-order chi connectivity index (χ1) is 8.19. The van der Waals surface area contributed by atoms with Crippen LogP contribution in [0.25, 0.3) is 0 Å². The van der Waals surface area contributed by atoms with Gasteiger partial charge in [-0.05, 0) is 38.8 Å². The van der Waals surface area contributed by atoms with Crippen LogP contribution >= 0.6 is 0 Å². The lowest BCUT2D eigenvalue weighted by Crippen LogP contribution is -2.30. The molecular weight excluding hydrogens is 214 g/mol. The summed E-state index contributed by atoms with van der Waals surface area (Å²) in [4.78, 5) is 13.8. The van der Waals surface area contributed by atoms with Gasteiger partial charge in [-0.1, -0.05) is 17.7 Å². The molecule has 1 N–H and O–H groups in total. The number of benzene rings is 1. The summed E-state index contributed by atoms with van der Waals surface area (Å²) < 4.78 is 0. The van der Waals surface area contributed by atoms with E-state index in [1.807, 2.05) is 38.1 Å². The first-order valence-corrected chi connectivity index (χ1v) is 6.17. The SMILES string of the molecule is CCN(C(=O)CCCCO)c1ccc(C)cc1. The maximum Gasteiger partial charge on any atom is 0.226 e.